The molecule has 0 aromatic heterocycles. The van der Waals surface area contributed by atoms with Crippen molar-refractivity contribution in [1.82, 2.24) is 9.80 Å². The fraction of sp³-hybridized carbons (Fsp3) is 0.474. The molecule has 0 unspecified atom stereocenters. The first-order valence-electron chi connectivity index (χ1n) is 17.5. The molecule has 0 saturated carbocycles. The normalized spacial score (nSPS) is 20.4. The van der Waals surface area contributed by atoms with E-state index >= 15 is 0 Å². The smallest absolute Gasteiger partial charge is 0.416 e. The van der Waals surface area contributed by atoms with Crippen LogP contribution in [0.25, 0.3) is 0 Å². The maximum atomic E-state index is 14.4. The van der Waals surface area contributed by atoms with Crippen LogP contribution in [-0.4, -0.2) is 85.2 Å². The maximum Gasteiger partial charge on any atom is 0.416 e. The summed E-state index contributed by atoms with van der Waals surface area (Å²) in [6.07, 6.45) is -2.59. The molecule has 0 spiro atoms. The first-order valence-corrected chi connectivity index (χ1v) is 17.5. The molecule has 2 aliphatic rings. The number of carbonyl (C=O) groups is 2. The van der Waals surface area contributed by atoms with Gasteiger partial charge in [0.05, 0.1) is 36.0 Å². The van der Waals surface area contributed by atoms with Crippen LogP contribution in [0.3, 0.4) is 0 Å². The Labute approximate surface area is 302 Å². The molecule has 2 heterocycles. The lowest BCUT2D eigenvalue weighted by Crippen LogP contribution is -2.47. The van der Waals surface area contributed by atoms with Gasteiger partial charge in [-0.3, -0.25) is 9.69 Å². The predicted molar refractivity (Wildman–Crippen MR) is 190 cm³/mol. The van der Waals surface area contributed by atoms with Crippen LogP contribution in [-0.2, 0) is 17.5 Å². The predicted octanol–water partition coefficient (Wildman–Crippen LogP) is 7.01. The van der Waals surface area contributed by atoms with Crippen molar-refractivity contribution >= 4 is 23.3 Å². The Morgan fingerprint density at radius 3 is 2.40 bits per heavy atom. The summed E-state index contributed by atoms with van der Waals surface area (Å²) in [6, 6.07) is 13.4. The summed E-state index contributed by atoms with van der Waals surface area (Å²) in [5.74, 6) is 1.24. The SMILES string of the molecule is C[C@@H]1CN([C@H](C)CO)C(=O)c2cc(NC(=O)Nc3ccc(C(F)(F)F)cc3)ccc2O[C@@H](C)CCCCO[C@H]1CN(C)Cc1ccc2c(c1)OCO2. The van der Waals surface area contributed by atoms with E-state index in [0.29, 0.717) is 31.9 Å². The number of aliphatic hydroxyl groups is 1. The number of likely N-dealkylation sites (N-methyl/N-ethyl adjacent to an activating group) is 1. The second-order valence-corrected chi connectivity index (χ2v) is 13.5. The Balaban J connectivity index is 1.34. The van der Waals surface area contributed by atoms with E-state index in [9.17, 15) is 27.9 Å². The van der Waals surface area contributed by atoms with Gasteiger partial charge in [0, 0.05) is 43.5 Å². The molecule has 3 amide bonds. The number of ether oxygens (including phenoxy) is 4. The topological polar surface area (TPSA) is 122 Å². The van der Waals surface area contributed by atoms with Gasteiger partial charge in [-0.2, -0.15) is 13.2 Å². The molecule has 0 aliphatic carbocycles. The lowest BCUT2D eigenvalue weighted by molar-refractivity contribution is -0.137. The second kappa shape index (κ2) is 17.3. The minimum absolute atomic E-state index is 0.140. The van der Waals surface area contributed by atoms with Gasteiger partial charge in [0.25, 0.3) is 5.91 Å². The monoisotopic (exact) mass is 728 g/mol. The van der Waals surface area contributed by atoms with E-state index in [4.69, 9.17) is 18.9 Å². The average Bonchev–Trinajstić information content (AvgIpc) is 3.57. The fourth-order valence-corrected chi connectivity index (χ4v) is 6.22. The van der Waals surface area contributed by atoms with E-state index in [0.717, 1.165) is 54.2 Å². The van der Waals surface area contributed by atoms with Crippen LogP contribution < -0.4 is 24.8 Å². The molecule has 2 aliphatic heterocycles. The maximum absolute atomic E-state index is 14.4. The summed E-state index contributed by atoms with van der Waals surface area (Å²) >= 11 is 0. The largest absolute Gasteiger partial charge is 0.490 e. The molecule has 0 saturated heterocycles. The number of urea groups is 1. The van der Waals surface area contributed by atoms with Crippen molar-refractivity contribution in [3.8, 4) is 17.2 Å². The van der Waals surface area contributed by atoms with Gasteiger partial charge in [-0.1, -0.05) is 13.0 Å². The molecule has 0 bridgehead atoms. The first kappa shape index (κ1) is 38.7. The molecule has 52 heavy (non-hydrogen) atoms. The van der Waals surface area contributed by atoms with Gasteiger partial charge in [0.1, 0.15) is 5.75 Å². The summed E-state index contributed by atoms with van der Waals surface area (Å²) in [4.78, 5) is 31.0. The number of amides is 3. The van der Waals surface area contributed by atoms with E-state index in [1.165, 1.54) is 6.07 Å². The van der Waals surface area contributed by atoms with Crippen molar-refractivity contribution in [1.29, 1.82) is 0 Å². The number of benzene rings is 3. The fourth-order valence-electron chi connectivity index (χ4n) is 6.22. The number of rotatable bonds is 8. The molecule has 282 valence electrons. The van der Waals surface area contributed by atoms with Crippen LogP contribution in [0, 0.1) is 5.92 Å². The van der Waals surface area contributed by atoms with Crippen LogP contribution in [0.15, 0.2) is 60.7 Å². The van der Waals surface area contributed by atoms with Crippen molar-refractivity contribution in [2.45, 2.75) is 71.0 Å². The molecule has 5 rings (SSSR count). The minimum atomic E-state index is -4.50. The summed E-state index contributed by atoms with van der Waals surface area (Å²) in [5, 5.41) is 15.4. The molecule has 0 fully saturated rings. The van der Waals surface area contributed by atoms with E-state index in [2.05, 4.69) is 15.5 Å². The number of aliphatic hydroxyl groups excluding tert-OH is 1. The van der Waals surface area contributed by atoms with Gasteiger partial charge in [-0.25, -0.2) is 4.79 Å². The number of alkyl halides is 3. The lowest BCUT2D eigenvalue weighted by atomic mass is 10.0. The van der Waals surface area contributed by atoms with Crippen LogP contribution in [0.5, 0.6) is 17.2 Å². The van der Waals surface area contributed by atoms with Crippen LogP contribution >= 0.6 is 0 Å². The van der Waals surface area contributed by atoms with Crippen LogP contribution in [0.1, 0.15) is 61.5 Å². The minimum Gasteiger partial charge on any atom is -0.490 e. The highest BCUT2D eigenvalue weighted by Crippen LogP contribution is 2.34. The summed E-state index contributed by atoms with van der Waals surface area (Å²) in [6.45, 7) is 7.68. The van der Waals surface area contributed by atoms with E-state index in [1.54, 1.807) is 24.0 Å². The van der Waals surface area contributed by atoms with Crippen molar-refractivity contribution in [3.63, 3.8) is 0 Å². The Morgan fingerprint density at radius 2 is 1.67 bits per heavy atom. The highest BCUT2D eigenvalue weighted by Gasteiger charge is 2.32. The van der Waals surface area contributed by atoms with Crippen LogP contribution in [0.4, 0.5) is 29.3 Å². The summed E-state index contributed by atoms with van der Waals surface area (Å²) in [7, 11) is 2.02. The number of fused-ring (bicyclic) bond motifs is 2. The van der Waals surface area contributed by atoms with Gasteiger partial charge in [-0.05, 0) is 100 Å². The van der Waals surface area contributed by atoms with Crippen molar-refractivity contribution in [3.05, 3.63) is 77.4 Å². The van der Waals surface area contributed by atoms with E-state index < -0.39 is 29.7 Å². The second-order valence-electron chi connectivity index (χ2n) is 13.5. The molecule has 14 heteroatoms. The Bertz CT molecular complexity index is 1670. The third kappa shape index (κ3) is 10.3. The van der Waals surface area contributed by atoms with Gasteiger partial charge < -0.3 is 39.6 Å². The molecule has 3 aromatic rings. The number of anilines is 2. The zero-order valence-corrected chi connectivity index (χ0v) is 29.9. The molecular formula is C38H47F3N4O7. The van der Waals surface area contributed by atoms with E-state index in [-0.39, 0.29) is 55.0 Å². The van der Waals surface area contributed by atoms with Gasteiger partial charge >= 0.3 is 12.2 Å². The highest BCUT2D eigenvalue weighted by molar-refractivity contribution is 6.02. The van der Waals surface area contributed by atoms with E-state index in [1.807, 2.05) is 39.1 Å². The number of hydrogen-bond acceptors (Lipinski definition) is 8. The summed E-state index contributed by atoms with van der Waals surface area (Å²) in [5.41, 5.74) is 0.854. The van der Waals surface area contributed by atoms with Gasteiger partial charge in [-0.15, -0.1) is 0 Å². The zero-order chi connectivity index (χ0) is 37.4. The first-order chi connectivity index (χ1) is 24.8. The standard InChI is InChI=1S/C38H47F3N4O7/c1-24-19-45(25(2)22-46)36(47)31-18-30(43-37(48)42-29-11-9-28(10-12-29)38(39,40)41)13-15-32(31)52-26(3)7-5-6-16-49-35(24)21-44(4)20-27-8-14-33-34(17-27)51-23-50-33/h8-15,17-18,24-26,35,46H,5-7,16,19-23H2,1-4H3,(H2,42,43,48)/t24-,25-,26+,35+/m1/s1. The van der Waals surface area contributed by atoms with Crippen molar-refractivity contribution in [2.24, 2.45) is 5.92 Å². The number of carbonyl (C=O) groups excluding carboxylic acids is 2. The third-order valence-corrected chi connectivity index (χ3v) is 9.16. The molecule has 0 radical (unpaired) electrons. The lowest BCUT2D eigenvalue weighted by Gasteiger charge is -2.36. The molecule has 4 atom stereocenters. The molecule has 3 aromatic carbocycles. The quantitative estimate of drug-likeness (QED) is 0.227. The molecule has 11 nitrogen and oxygen atoms in total. The number of halogens is 3. The molecule has 3 N–H and O–H groups in total. The molecular weight excluding hydrogens is 681 g/mol. The summed E-state index contributed by atoms with van der Waals surface area (Å²) < 4.78 is 62.7. The third-order valence-electron chi connectivity index (χ3n) is 9.16. The number of hydrogen-bond donors (Lipinski definition) is 3. The Hall–Kier alpha value is -4.53. The number of nitrogens with one attached hydrogen (secondary N) is 2. The van der Waals surface area contributed by atoms with Crippen molar-refractivity contribution in [2.75, 3.05) is 50.8 Å². The van der Waals surface area contributed by atoms with Gasteiger partial charge in [0.15, 0.2) is 11.5 Å². The Kier molecular flexibility index (Phi) is 12.9. The Morgan fingerprint density at radius 1 is 0.981 bits per heavy atom. The number of nitrogens with zero attached hydrogens (tertiary/aromatic N) is 2. The average molecular weight is 729 g/mol. The van der Waals surface area contributed by atoms with Crippen molar-refractivity contribution < 1.29 is 46.8 Å². The van der Waals surface area contributed by atoms with Crippen LogP contribution in [0.2, 0.25) is 0 Å². The van der Waals surface area contributed by atoms with Gasteiger partial charge in [0.2, 0.25) is 6.79 Å². The zero-order valence-electron chi connectivity index (χ0n) is 29.9. The highest BCUT2D eigenvalue weighted by atomic mass is 19.4.